The van der Waals surface area contributed by atoms with Crippen molar-refractivity contribution in [1.29, 1.82) is 0 Å². The standard InChI is InChI=1S/C26H22N6O4/c1-16(33)28-19-13-11-17(12-14-19)15-27-31-26(36)23(29-24(34)18-7-3-2-4-8-18)22-20-9-5-6-10-21(20)25(35)32-30-22/h2-15,23H,1H3,(H,28,33)(H,29,34)(H,31,36)(H,32,35)/b27-15-/t23-/m0/s1. The lowest BCUT2D eigenvalue weighted by molar-refractivity contribution is -0.123. The summed E-state index contributed by atoms with van der Waals surface area (Å²) >= 11 is 0. The smallest absolute Gasteiger partial charge is 0.272 e. The van der Waals surface area contributed by atoms with Crippen molar-refractivity contribution >= 4 is 40.4 Å². The highest BCUT2D eigenvalue weighted by Gasteiger charge is 2.27. The molecule has 0 fully saturated rings. The van der Waals surface area contributed by atoms with Crippen molar-refractivity contribution < 1.29 is 14.4 Å². The lowest BCUT2D eigenvalue weighted by Gasteiger charge is -2.18. The number of carbonyl (C=O) groups is 3. The molecule has 10 nitrogen and oxygen atoms in total. The van der Waals surface area contributed by atoms with Crippen molar-refractivity contribution in [1.82, 2.24) is 20.9 Å². The largest absolute Gasteiger partial charge is 0.335 e. The lowest BCUT2D eigenvalue weighted by Crippen LogP contribution is -2.40. The molecule has 4 rings (SSSR count). The first-order valence-electron chi connectivity index (χ1n) is 11.0. The number of amides is 3. The van der Waals surface area contributed by atoms with Gasteiger partial charge in [-0.05, 0) is 35.9 Å². The Balaban J connectivity index is 1.60. The van der Waals surface area contributed by atoms with Crippen molar-refractivity contribution in [3.05, 3.63) is 106 Å². The minimum Gasteiger partial charge on any atom is -0.335 e. The van der Waals surface area contributed by atoms with Gasteiger partial charge in [0.2, 0.25) is 5.91 Å². The van der Waals surface area contributed by atoms with E-state index < -0.39 is 23.4 Å². The van der Waals surface area contributed by atoms with Gasteiger partial charge in [0, 0.05) is 23.6 Å². The number of carbonyl (C=O) groups excluding carboxylic acids is 3. The number of H-pyrrole nitrogens is 1. The summed E-state index contributed by atoms with van der Waals surface area (Å²) in [7, 11) is 0. The number of benzene rings is 3. The van der Waals surface area contributed by atoms with E-state index in [0.717, 1.165) is 0 Å². The summed E-state index contributed by atoms with van der Waals surface area (Å²) in [5.74, 6) is -1.34. The minimum atomic E-state index is -1.25. The van der Waals surface area contributed by atoms with E-state index in [-0.39, 0.29) is 11.6 Å². The molecule has 0 spiro atoms. The molecule has 4 aromatic rings. The molecule has 0 unspecified atom stereocenters. The summed E-state index contributed by atoms with van der Waals surface area (Å²) < 4.78 is 0. The van der Waals surface area contributed by atoms with Gasteiger partial charge in [-0.3, -0.25) is 19.2 Å². The molecular formula is C26H22N6O4. The second-order valence-corrected chi connectivity index (χ2v) is 7.79. The van der Waals surface area contributed by atoms with E-state index in [9.17, 15) is 19.2 Å². The molecule has 1 atom stereocenters. The monoisotopic (exact) mass is 482 g/mol. The van der Waals surface area contributed by atoms with Gasteiger partial charge in [0.25, 0.3) is 17.4 Å². The second-order valence-electron chi connectivity index (χ2n) is 7.79. The van der Waals surface area contributed by atoms with E-state index in [0.29, 0.717) is 27.6 Å². The van der Waals surface area contributed by atoms with Gasteiger partial charge in [0.1, 0.15) is 5.69 Å². The molecule has 3 amide bonds. The van der Waals surface area contributed by atoms with Crippen LogP contribution in [0.1, 0.15) is 34.6 Å². The number of aromatic nitrogens is 2. The van der Waals surface area contributed by atoms with Crippen LogP contribution in [0.3, 0.4) is 0 Å². The number of hydrazone groups is 1. The molecule has 0 saturated carbocycles. The van der Waals surface area contributed by atoms with Crippen molar-refractivity contribution in [2.75, 3.05) is 5.32 Å². The number of fused-ring (bicyclic) bond motifs is 1. The number of aromatic amines is 1. The zero-order chi connectivity index (χ0) is 25.5. The van der Waals surface area contributed by atoms with Crippen LogP contribution in [0.2, 0.25) is 0 Å². The van der Waals surface area contributed by atoms with Crippen LogP contribution in [0.5, 0.6) is 0 Å². The number of hydrogen-bond donors (Lipinski definition) is 4. The summed E-state index contributed by atoms with van der Waals surface area (Å²) in [5, 5.41) is 16.6. The molecule has 0 bridgehead atoms. The summed E-state index contributed by atoms with van der Waals surface area (Å²) in [6.07, 6.45) is 1.42. The van der Waals surface area contributed by atoms with Crippen LogP contribution in [-0.4, -0.2) is 34.1 Å². The van der Waals surface area contributed by atoms with Crippen LogP contribution in [0.4, 0.5) is 5.69 Å². The van der Waals surface area contributed by atoms with Gasteiger partial charge >= 0.3 is 0 Å². The van der Waals surface area contributed by atoms with Gasteiger partial charge in [-0.15, -0.1) is 0 Å². The fourth-order valence-corrected chi connectivity index (χ4v) is 3.51. The van der Waals surface area contributed by atoms with Crippen molar-refractivity contribution in [2.24, 2.45) is 5.10 Å². The number of hydrogen-bond acceptors (Lipinski definition) is 6. The number of nitrogens with one attached hydrogen (secondary N) is 4. The molecule has 4 N–H and O–H groups in total. The van der Waals surface area contributed by atoms with Crippen LogP contribution in [-0.2, 0) is 9.59 Å². The average molecular weight is 483 g/mol. The Kier molecular flexibility index (Phi) is 7.25. The quantitative estimate of drug-likeness (QED) is 0.236. The lowest BCUT2D eigenvalue weighted by atomic mass is 10.0. The van der Waals surface area contributed by atoms with Gasteiger partial charge in [-0.25, -0.2) is 10.5 Å². The van der Waals surface area contributed by atoms with Crippen LogP contribution in [0.15, 0.2) is 88.8 Å². The first-order valence-corrected chi connectivity index (χ1v) is 11.0. The van der Waals surface area contributed by atoms with Gasteiger partial charge in [-0.1, -0.05) is 48.5 Å². The maximum atomic E-state index is 13.2. The second kappa shape index (κ2) is 10.9. The summed E-state index contributed by atoms with van der Waals surface area (Å²) in [5.41, 5.74) is 3.83. The third kappa shape index (κ3) is 5.68. The Labute approximate surface area is 205 Å². The highest BCUT2D eigenvalue weighted by atomic mass is 16.2. The SMILES string of the molecule is CC(=O)Nc1ccc(/C=N\NC(=O)[C@@H](NC(=O)c2ccccc2)c2n[nH]c(=O)c3ccccc23)cc1. The van der Waals surface area contributed by atoms with E-state index >= 15 is 0 Å². The number of nitrogens with zero attached hydrogens (tertiary/aromatic N) is 2. The Morgan fingerprint density at radius 2 is 1.58 bits per heavy atom. The topological polar surface area (TPSA) is 145 Å². The molecule has 180 valence electrons. The molecule has 0 radical (unpaired) electrons. The molecule has 10 heteroatoms. The van der Waals surface area contributed by atoms with Gasteiger partial charge < -0.3 is 10.6 Å². The molecule has 1 aromatic heterocycles. The van der Waals surface area contributed by atoms with E-state index in [1.807, 2.05) is 0 Å². The molecule has 0 aliphatic carbocycles. The fraction of sp³-hybridized carbons (Fsp3) is 0.0769. The molecule has 0 aliphatic rings. The van der Waals surface area contributed by atoms with Crippen molar-refractivity contribution in [2.45, 2.75) is 13.0 Å². The third-order valence-corrected chi connectivity index (χ3v) is 5.19. The normalized spacial score (nSPS) is 11.7. The molecule has 0 aliphatic heterocycles. The number of anilines is 1. The van der Waals surface area contributed by atoms with E-state index in [2.05, 4.69) is 31.4 Å². The number of rotatable bonds is 7. The van der Waals surface area contributed by atoms with E-state index in [4.69, 9.17) is 0 Å². The van der Waals surface area contributed by atoms with Gasteiger partial charge in [0.05, 0.1) is 11.6 Å². The summed E-state index contributed by atoms with van der Waals surface area (Å²) in [4.78, 5) is 49.4. The first kappa shape index (κ1) is 24.0. The Hall–Kier alpha value is -5.12. The first-order chi connectivity index (χ1) is 17.4. The van der Waals surface area contributed by atoms with Gasteiger partial charge in [-0.2, -0.15) is 10.2 Å². The zero-order valence-electron chi connectivity index (χ0n) is 19.2. The maximum absolute atomic E-state index is 13.2. The van der Waals surface area contributed by atoms with Crippen LogP contribution in [0, 0.1) is 0 Å². The minimum absolute atomic E-state index is 0.168. The van der Waals surface area contributed by atoms with E-state index in [1.165, 1.54) is 13.1 Å². The third-order valence-electron chi connectivity index (χ3n) is 5.19. The molecule has 36 heavy (non-hydrogen) atoms. The molecule has 1 heterocycles. The Bertz CT molecular complexity index is 1500. The van der Waals surface area contributed by atoms with Crippen LogP contribution in [0.25, 0.3) is 10.8 Å². The van der Waals surface area contributed by atoms with E-state index in [1.54, 1.807) is 78.9 Å². The fourth-order valence-electron chi connectivity index (χ4n) is 3.51. The highest BCUT2D eigenvalue weighted by Crippen LogP contribution is 2.20. The van der Waals surface area contributed by atoms with Crippen molar-refractivity contribution in [3.8, 4) is 0 Å². The summed E-state index contributed by atoms with van der Waals surface area (Å²) in [6.45, 7) is 1.42. The predicted molar refractivity (Wildman–Crippen MR) is 135 cm³/mol. The Morgan fingerprint density at radius 3 is 2.28 bits per heavy atom. The van der Waals surface area contributed by atoms with Crippen LogP contribution >= 0.6 is 0 Å². The average Bonchev–Trinajstić information content (AvgIpc) is 2.89. The molecule has 0 saturated heterocycles. The van der Waals surface area contributed by atoms with Gasteiger partial charge in [0.15, 0.2) is 6.04 Å². The maximum Gasteiger partial charge on any atom is 0.272 e. The Morgan fingerprint density at radius 1 is 0.917 bits per heavy atom. The zero-order valence-corrected chi connectivity index (χ0v) is 19.2. The highest BCUT2D eigenvalue weighted by molar-refractivity contribution is 5.99. The summed E-state index contributed by atoms with van der Waals surface area (Å²) in [6, 6.07) is 20.7. The van der Waals surface area contributed by atoms with Crippen molar-refractivity contribution in [3.63, 3.8) is 0 Å². The van der Waals surface area contributed by atoms with Crippen LogP contribution < -0.4 is 21.6 Å². The molecular weight excluding hydrogens is 460 g/mol. The molecule has 3 aromatic carbocycles. The predicted octanol–water partition coefficient (Wildman–Crippen LogP) is 2.50.